The number of alkyl halides is 2. The Labute approximate surface area is 140 Å². The van der Waals surface area contributed by atoms with E-state index in [2.05, 4.69) is 4.98 Å². The van der Waals surface area contributed by atoms with E-state index in [1.54, 1.807) is 0 Å². The van der Waals surface area contributed by atoms with Crippen LogP contribution in [-0.4, -0.2) is 47.7 Å². The number of nitrogens with zero attached hydrogens (tertiary/aromatic N) is 4. The molecule has 0 saturated heterocycles. The van der Waals surface area contributed by atoms with Crippen molar-refractivity contribution in [2.45, 2.75) is 0 Å². The summed E-state index contributed by atoms with van der Waals surface area (Å²) in [6, 6.07) is 2.43. The summed E-state index contributed by atoms with van der Waals surface area (Å²) < 4.78 is 0. The lowest BCUT2D eigenvalue weighted by Crippen LogP contribution is -2.26. The second-order valence-corrected chi connectivity index (χ2v) is 4.43. The van der Waals surface area contributed by atoms with Crippen LogP contribution in [0.25, 0.3) is 0 Å². The number of hydrogen-bond acceptors (Lipinski definition) is 7. The summed E-state index contributed by atoms with van der Waals surface area (Å²) in [5.41, 5.74) is -0.220. The van der Waals surface area contributed by atoms with Crippen molar-refractivity contribution in [1.82, 2.24) is 4.98 Å². The quantitative estimate of drug-likeness (QED) is 0.250. The van der Waals surface area contributed by atoms with Crippen molar-refractivity contribution in [3.8, 4) is 0 Å². The van der Waals surface area contributed by atoms with Gasteiger partial charge in [-0.15, -0.1) is 28.3 Å². The second kappa shape index (κ2) is 9.90. The highest BCUT2D eigenvalue weighted by atomic mass is 35.5. The number of hydroxylamine groups is 2. The van der Waals surface area contributed by atoms with E-state index in [0.29, 0.717) is 10.1 Å². The third-order valence-electron chi connectivity index (χ3n) is 2.28. The van der Waals surface area contributed by atoms with Crippen molar-refractivity contribution in [3.63, 3.8) is 0 Å². The number of anilines is 2. The molecule has 1 aromatic rings. The first-order valence-electron chi connectivity index (χ1n) is 6.11. The van der Waals surface area contributed by atoms with Crippen molar-refractivity contribution < 1.29 is 24.2 Å². The molecule has 1 rings (SSSR count). The Kier molecular flexibility index (Phi) is 8.19. The Morgan fingerprint density at radius 1 is 1.13 bits per heavy atom. The van der Waals surface area contributed by atoms with Gasteiger partial charge in [-0.25, -0.2) is 0 Å². The summed E-state index contributed by atoms with van der Waals surface area (Å²) in [5.74, 6) is -0.667. The number of aromatic nitrogens is 1. The topological polar surface area (TPSA) is 115 Å². The van der Waals surface area contributed by atoms with Crippen molar-refractivity contribution in [2.24, 2.45) is 0 Å². The van der Waals surface area contributed by atoms with E-state index in [9.17, 15) is 19.7 Å². The first-order valence-corrected chi connectivity index (χ1v) is 7.18. The van der Waals surface area contributed by atoms with Gasteiger partial charge in [0.05, 0.1) is 13.2 Å². The summed E-state index contributed by atoms with van der Waals surface area (Å²) in [6.07, 6.45) is 0.511. The van der Waals surface area contributed by atoms with Gasteiger partial charge in [0.15, 0.2) is 5.69 Å². The van der Waals surface area contributed by atoms with Gasteiger partial charge in [-0.3, -0.25) is 19.3 Å². The maximum Gasteiger partial charge on any atom is 0.392 e. The van der Waals surface area contributed by atoms with Crippen LogP contribution in [0, 0.1) is 10.1 Å². The SMILES string of the molecule is O=CN(OCCCl)c1ccc(N(C=O)OCCCl)c([N+](=O)[O-])n1. The molecule has 0 aromatic carbocycles. The fourth-order valence-electron chi connectivity index (χ4n) is 1.43. The van der Waals surface area contributed by atoms with Crippen LogP contribution in [0.3, 0.4) is 0 Å². The molecule has 0 N–H and O–H groups in total. The van der Waals surface area contributed by atoms with E-state index >= 15 is 0 Å². The molecule has 0 spiro atoms. The minimum atomic E-state index is -0.829. The number of halogens is 2. The highest BCUT2D eigenvalue weighted by Gasteiger charge is 2.26. The summed E-state index contributed by atoms with van der Waals surface area (Å²) in [5, 5.41) is 12.5. The van der Waals surface area contributed by atoms with E-state index in [1.165, 1.54) is 12.1 Å². The van der Waals surface area contributed by atoms with Crippen molar-refractivity contribution in [3.05, 3.63) is 22.2 Å². The molecular formula is C11H12Cl2N4O6. The molecule has 12 heteroatoms. The molecule has 0 atom stereocenters. The van der Waals surface area contributed by atoms with E-state index in [1.807, 2.05) is 0 Å². The Hall–Kier alpha value is -2.01. The zero-order valence-electron chi connectivity index (χ0n) is 11.6. The third-order valence-corrected chi connectivity index (χ3v) is 2.59. The standard InChI is InChI=1S/C11H12Cl2N4O6/c12-3-5-22-15(7-18)9-1-2-10(14-11(9)17(20)21)16(8-19)23-6-4-13/h1-2,7-8H,3-6H2. The molecule has 0 saturated carbocycles. The molecule has 0 aliphatic rings. The molecule has 0 radical (unpaired) electrons. The normalized spacial score (nSPS) is 10.2. The average Bonchev–Trinajstić information content (AvgIpc) is 2.56. The first-order chi connectivity index (χ1) is 11.1. The Morgan fingerprint density at radius 2 is 1.70 bits per heavy atom. The van der Waals surface area contributed by atoms with Gasteiger partial charge in [0.1, 0.15) is 0 Å². The van der Waals surface area contributed by atoms with Gasteiger partial charge in [-0.2, -0.15) is 5.06 Å². The summed E-state index contributed by atoms with van der Waals surface area (Å²) in [7, 11) is 0. The van der Waals surface area contributed by atoms with E-state index in [0.717, 1.165) is 0 Å². The molecule has 2 amide bonds. The lowest BCUT2D eigenvalue weighted by molar-refractivity contribution is -0.388. The molecule has 0 unspecified atom stereocenters. The van der Waals surface area contributed by atoms with Crippen LogP contribution in [0.5, 0.6) is 0 Å². The largest absolute Gasteiger partial charge is 0.392 e. The number of carbonyl (C=O) groups is 2. The Balaban J connectivity index is 3.17. The minimum Gasteiger partial charge on any atom is -0.358 e. The van der Waals surface area contributed by atoms with Crippen LogP contribution in [-0.2, 0) is 19.3 Å². The molecule has 0 aliphatic carbocycles. The van der Waals surface area contributed by atoms with Gasteiger partial charge in [0.25, 0.3) is 5.82 Å². The van der Waals surface area contributed by atoms with Gasteiger partial charge < -0.3 is 10.1 Å². The zero-order chi connectivity index (χ0) is 17.2. The van der Waals surface area contributed by atoms with Gasteiger partial charge >= 0.3 is 5.82 Å². The van der Waals surface area contributed by atoms with Crippen LogP contribution in [0.2, 0.25) is 0 Å². The second-order valence-electron chi connectivity index (χ2n) is 3.68. The molecule has 0 bridgehead atoms. The van der Waals surface area contributed by atoms with Gasteiger partial charge in [-0.05, 0) is 16.0 Å². The van der Waals surface area contributed by atoms with Gasteiger partial charge in [0, 0.05) is 17.8 Å². The maximum absolute atomic E-state index is 11.1. The van der Waals surface area contributed by atoms with Crippen molar-refractivity contribution in [1.29, 1.82) is 0 Å². The first kappa shape index (κ1) is 19.0. The van der Waals surface area contributed by atoms with E-state index in [-0.39, 0.29) is 49.3 Å². The molecule has 0 aliphatic heterocycles. The number of hydrogen-bond donors (Lipinski definition) is 0. The molecular weight excluding hydrogens is 355 g/mol. The molecule has 0 fully saturated rings. The van der Waals surface area contributed by atoms with E-state index < -0.39 is 10.7 Å². The monoisotopic (exact) mass is 366 g/mol. The fourth-order valence-corrected chi connectivity index (χ4v) is 1.57. The number of nitro groups is 1. The predicted molar refractivity (Wildman–Crippen MR) is 81.3 cm³/mol. The zero-order valence-corrected chi connectivity index (χ0v) is 13.1. The third kappa shape index (κ3) is 5.28. The molecule has 1 aromatic heterocycles. The predicted octanol–water partition coefficient (Wildman–Crippen LogP) is 1.26. The summed E-state index contributed by atoms with van der Waals surface area (Å²) >= 11 is 10.9. The van der Waals surface area contributed by atoms with Crippen molar-refractivity contribution >= 4 is 53.3 Å². The maximum atomic E-state index is 11.1. The molecule has 126 valence electrons. The van der Waals surface area contributed by atoms with Crippen LogP contribution < -0.4 is 10.1 Å². The average molecular weight is 367 g/mol. The summed E-state index contributed by atoms with van der Waals surface area (Å²) in [6.45, 7) is -0.0463. The van der Waals surface area contributed by atoms with Crippen LogP contribution >= 0.6 is 23.2 Å². The highest BCUT2D eigenvalue weighted by Crippen LogP contribution is 2.28. The smallest absolute Gasteiger partial charge is 0.358 e. The van der Waals surface area contributed by atoms with Gasteiger partial charge in [0.2, 0.25) is 12.8 Å². The number of pyridine rings is 1. The fraction of sp³-hybridized carbons (Fsp3) is 0.364. The molecule has 1 heterocycles. The van der Waals surface area contributed by atoms with E-state index in [4.69, 9.17) is 32.9 Å². The van der Waals surface area contributed by atoms with Crippen LogP contribution in [0.1, 0.15) is 0 Å². The van der Waals surface area contributed by atoms with Crippen molar-refractivity contribution in [2.75, 3.05) is 35.1 Å². The Bertz CT molecular complexity index is 561. The highest BCUT2D eigenvalue weighted by molar-refractivity contribution is 6.18. The molecule has 23 heavy (non-hydrogen) atoms. The lowest BCUT2D eigenvalue weighted by Gasteiger charge is -2.17. The van der Waals surface area contributed by atoms with Gasteiger partial charge in [-0.1, -0.05) is 0 Å². The molecule has 10 nitrogen and oxygen atoms in total. The lowest BCUT2D eigenvalue weighted by atomic mass is 10.3. The minimum absolute atomic E-state index is 0.00315. The summed E-state index contributed by atoms with van der Waals surface area (Å²) in [4.78, 5) is 45.9. The van der Waals surface area contributed by atoms with Crippen LogP contribution in [0.4, 0.5) is 17.3 Å². The Morgan fingerprint density at radius 3 is 2.17 bits per heavy atom. The number of amides is 2. The number of carbonyl (C=O) groups excluding carboxylic acids is 2. The number of rotatable bonds is 11. The van der Waals surface area contributed by atoms with Crippen LogP contribution in [0.15, 0.2) is 12.1 Å².